The standard InChI is InChI=1S/C29H27ClN2O2/c1-29(2)18-26(33)24-17-25(19-9-15-23(34-3)16-10-19)32(22-7-5-4-6-8-22)27(24)28(29)31-21-13-11-20(30)12-14-21/h4-17,28,31H,18H2,1-3H3. The maximum atomic E-state index is 13.4. The van der Waals surface area contributed by atoms with Crippen molar-refractivity contribution >= 4 is 23.1 Å². The summed E-state index contributed by atoms with van der Waals surface area (Å²) in [6.07, 6.45) is 0.464. The number of fused-ring (bicyclic) bond motifs is 1. The molecular formula is C29H27ClN2O2. The summed E-state index contributed by atoms with van der Waals surface area (Å²) in [5.74, 6) is 0.962. The lowest BCUT2D eigenvalue weighted by Crippen LogP contribution is -2.37. The van der Waals surface area contributed by atoms with Gasteiger partial charge < -0.3 is 14.6 Å². The number of aromatic nitrogens is 1. The number of benzene rings is 3. The van der Waals surface area contributed by atoms with E-state index in [1.807, 2.05) is 72.8 Å². The lowest BCUT2D eigenvalue weighted by atomic mass is 9.72. The van der Waals surface area contributed by atoms with Crippen LogP contribution in [0.1, 0.15) is 42.4 Å². The van der Waals surface area contributed by atoms with Crippen molar-refractivity contribution in [1.82, 2.24) is 4.57 Å². The number of carbonyl (C=O) groups is 1. The first-order chi connectivity index (χ1) is 16.4. The van der Waals surface area contributed by atoms with Gasteiger partial charge in [0.05, 0.1) is 24.5 Å². The van der Waals surface area contributed by atoms with Crippen molar-refractivity contribution in [1.29, 1.82) is 0 Å². The second-order valence-corrected chi connectivity index (χ2v) is 9.84. The van der Waals surface area contributed by atoms with Crippen molar-refractivity contribution in [2.45, 2.75) is 26.3 Å². The van der Waals surface area contributed by atoms with E-state index in [1.54, 1.807) is 7.11 Å². The lowest BCUT2D eigenvalue weighted by Gasteiger charge is -2.40. The number of nitrogens with one attached hydrogen (secondary N) is 1. The summed E-state index contributed by atoms with van der Waals surface area (Å²) in [5.41, 5.74) is 5.43. The number of rotatable bonds is 5. The molecule has 1 aliphatic carbocycles. The quantitative estimate of drug-likeness (QED) is 0.327. The molecule has 4 nitrogen and oxygen atoms in total. The summed E-state index contributed by atoms with van der Waals surface area (Å²) in [6, 6.07) is 27.9. The van der Waals surface area contributed by atoms with E-state index in [0.717, 1.165) is 39.6 Å². The highest BCUT2D eigenvalue weighted by molar-refractivity contribution is 6.30. The maximum Gasteiger partial charge on any atom is 0.165 e. The molecule has 0 saturated carbocycles. The minimum absolute atomic E-state index is 0.0893. The van der Waals surface area contributed by atoms with Crippen LogP contribution in [-0.4, -0.2) is 17.5 Å². The van der Waals surface area contributed by atoms with Gasteiger partial charge in [-0.1, -0.05) is 43.6 Å². The number of halogens is 1. The molecule has 1 heterocycles. The molecule has 1 aliphatic rings. The van der Waals surface area contributed by atoms with Crippen LogP contribution in [0, 0.1) is 5.41 Å². The molecule has 3 aromatic carbocycles. The van der Waals surface area contributed by atoms with Crippen molar-refractivity contribution < 1.29 is 9.53 Å². The van der Waals surface area contributed by atoms with Crippen LogP contribution in [0.2, 0.25) is 5.02 Å². The molecule has 5 rings (SSSR count). The molecule has 34 heavy (non-hydrogen) atoms. The lowest BCUT2D eigenvalue weighted by molar-refractivity contribution is 0.0891. The third-order valence-electron chi connectivity index (χ3n) is 6.57. The van der Waals surface area contributed by atoms with Crippen LogP contribution in [0.3, 0.4) is 0 Å². The first kappa shape index (κ1) is 22.3. The molecule has 1 N–H and O–H groups in total. The number of methoxy groups -OCH3 is 1. The Labute approximate surface area is 205 Å². The molecule has 1 unspecified atom stereocenters. The number of ketones is 1. The Hall–Kier alpha value is -3.50. The fourth-order valence-electron chi connectivity index (χ4n) is 4.82. The molecule has 4 aromatic rings. The van der Waals surface area contributed by atoms with E-state index in [0.29, 0.717) is 11.4 Å². The molecule has 0 aliphatic heterocycles. The van der Waals surface area contributed by atoms with Crippen molar-refractivity contribution in [3.05, 3.63) is 101 Å². The molecule has 1 atom stereocenters. The first-order valence-corrected chi connectivity index (χ1v) is 11.8. The number of para-hydroxylation sites is 1. The topological polar surface area (TPSA) is 43.3 Å². The monoisotopic (exact) mass is 470 g/mol. The molecule has 172 valence electrons. The SMILES string of the molecule is COc1ccc(-c2cc3c(n2-c2ccccc2)C(Nc2ccc(Cl)cc2)C(C)(C)CC3=O)cc1. The van der Waals surface area contributed by atoms with Gasteiger partial charge in [0.15, 0.2) is 5.78 Å². The number of anilines is 1. The third kappa shape index (κ3) is 3.99. The Morgan fingerprint density at radius 2 is 1.65 bits per heavy atom. The molecule has 0 radical (unpaired) electrons. The van der Waals surface area contributed by atoms with Gasteiger partial charge >= 0.3 is 0 Å². The Bertz CT molecular complexity index is 1320. The zero-order chi connectivity index (χ0) is 23.9. The minimum atomic E-state index is -0.300. The Morgan fingerprint density at radius 3 is 2.29 bits per heavy atom. The summed E-state index contributed by atoms with van der Waals surface area (Å²) < 4.78 is 7.58. The maximum absolute atomic E-state index is 13.4. The number of carbonyl (C=O) groups excluding carboxylic acids is 1. The van der Waals surface area contributed by atoms with Gasteiger partial charge in [-0.05, 0) is 77.7 Å². The highest BCUT2D eigenvalue weighted by Crippen LogP contribution is 2.48. The highest BCUT2D eigenvalue weighted by atomic mass is 35.5. The van der Waals surface area contributed by atoms with E-state index in [9.17, 15) is 4.79 Å². The number of ether oxygens (including phenoxy) is 1. The molecule has 0 spiro atoms. The highest BCUT2D eigenvalue weighted by Gasteiger charge is 2.43. The molecule has 1 aromatic heterocycles. The van der Waals surface area contributed by atoms with Gasteiger partial charge in [-0.3, -0.25) is 4.79 Å². The summed E-state index contributed by atoms with van der Waals surface area (Å²) in [6.45, 7) is 4.30. The predicted molar refractivity (Wildman–Crippen MR) is 138 cm³/mol. The summed E-state index contributed by atoms with van der Waals surface area (Å²) in [7, 11) is 1.66. The van der Waals surface area contributed by atoms with Crippen LogP contribution in [0.25, 0.3) is 16.9 Å². The van der Waals surface area contributed by atoms with Crippen LogP contribution in [0.4, 0.5) is 5.69 Å². The number of nitrogens with zero attached hydrogens (tertiary/aromatic N) is 1. The summed E-state index contributed by atoms with van der Waals surface area (Å²) in [5, 5.41) is 4.41. The zero-order valence-electron chi connectivity index (χ0n) is 19.5. The van der Waals surface area contributed by atoms with Gasteiger partial charge in [-0.2, -0.15) is 0 Å². The number of hydrogen-bond acceptors (Lipinski definition) is 3. The van der Waals surface area contributed by atoms with E-state index >= 15 is 0 Å². The molecule has 0 bridgehead atoms. The van der Waals surface area contributed by atoms with Crippen molar-refractivity contribution in [3.8, 4) is 22.7 Å². The Balaban J connectivity index is 1.74. The molecule has 0 amide bonds. The smallest absolute Gasteiger partial charge is 0.165 e. The predicted octanol–water partition coefficient (Wildman–Crippen LogP) is 7.57. The summed E-state index contributed by atoms with van der Waals surface area (Å²) in [4.78, 5) is 13.4. The average molecular weight is 471 g/mol. The van der Waals surface area contributed by atoms with Crippen LogP contribution in [0.5, 0.6) is 5.75 Å². The average Bonchev–Trinajstić information content (AvgIpc) is 3.24. The Morgan fingerprint density at radius 1 is 0.971 bits per heavy atom. The largest absolute Gasteiger partial charge is 0.497 e. The first-order valence-electron chi connectivity index (χ1n) is 11.4. The van der Waals surface area contributed by atoms with Crippen LogP contribution in [0.15, 0.2) is 84.9 Å². The molecular weight excluding hydrogens is 444 g/mol. The van der Waals surface area contributed by atoms with Crippen LogP contribution in [-0.2, 0) is 0 Å². The second kappa shape index (κ2) is 8.69. The van der Waals surface area contributed by atoms with Crippen LogP contribution < -0.4 is 10.1 Å². The fraction of sp³-hybridized carbons (Fsp3) is 0.207. The van der Waals surface area contributed by atoms with Gasteiger partial charge in [-0.15, -0.1) is 0 Å². The number of Topliss-reactive ketones (excluding diaryl/α,β-unsaturated/α-hetero) is 1. The molecule has 0 saturated heterocycles. The normalized spacial score (nSPS) is 16.7. The minimum Gasteiger partial charge on any atom is -0.497 e. The van der Waals surface area contributed by atoms with E-state index in [-0.39, 0.29) is 17.2 Å². The van der Waals surface area contributed by atoms with Gasteiger partial charge in [0, 0.05) is 28.4 Å². The van der Waals surface area contributed by atoms with Crippen molar-refractivity contribution in [2.75, 3.05) is 12.4 Å². The second-order valence-electron chi connectivity index (χ2n) is 9.40. The summed E-state index contributed by atoms with van der Waals surface area (Å²) >= 11 is 6.12. The van der Waals surface area contributed by atoms with Crippen LogP contribution >= 0.6 is 11.6 Å². The fourth-order valence-corrected chi connectivity index (χ4v) is 4.95. The van der Waals surface area contributed by atoms with Gasteiger partial charge in [0.2, 0.25) is 0 Å². The van der Waals surface area contributed by atoms with Gasteiger partial charge in [0.1, 0.15) is 5.75 Å². The van der Waals surface area contributed by atoms with Crippen molar-refractivity contribution in [2.24, 2.45) is 5.41 Å². The van der Waals surface area contributed by atoms with E-state index in [2.05, 4.69) is 35.9 Å². The van der Waals surface area contributed by atoms with Crippen molar-refractivity contribution in [3.63, 3.8) is 0 Å². The number of hydrogen-bond donors (Lipinski definition) is 1. The Kier molecular flexibility index (Phi) is 5.70. The third-order valence-corrected chi connectivity index (χ3v) is 6.82. The van der Waals surface area contributed by atoms with E-state index in [4.69, 9.17) is 16.3 Å². The van der Waals surface area contributed by atoms with Gasteiger partial charge in [0.25, 0.3) is 0 Å². The zero-order valence-corrected chi connectivity index (χ0v) is 20.3. The van der Waals surface area contributed by atoms with Gasteiger partial charge in [-0.25, -0.2) is 0 Å². The molecule has 5 heteroatoms. The van der Waals surface area contributed by atoms with E-state index in [1.165, 1.54) is 0 Å². The molecule has 0 fully saturated rings. The van der Waals surface area contributed by atoms with E-state index < -0.39 is 0 Å².